The molecule has 118 valence electrons. The molecule has 0 spiro atoms. The number of hydrogen-bond donors (Lipinski definition) is 1. The summed E-state index contributed by atoms with van der Waals surface area (Å²) in [5.41, 5.74) is 3.07. The first-order valence-corrected chi connectivity index (χ1v) is 9.07. The monoisotopic (exact) mass is 287 g/mol. The van der Waals surface area contributed by atoms with Crippen molar-refractivity contribution < 1.29 is 0 Å². The van der Waals surface area contributed by atoms with Gasteiger partial charge in [0, 0.05) is 0 Å². The number of nitrogens with one attached hydrogen (secondary N) is 1. The topological polar surface area (TPSA) is 12.0 Å². The van der Waals surface area contributed by atoms with Crippen LogP contribution in [0.1, 0.15) is 69.9 Å². The average Bonchev–Trinajstić information content (AvgIpc) is 2.54. The summed E-state index contributed by atoms with van der Waals surface area (Å²) in [7, 11) is 0. The van der Waals surface area contributed by atoms with Crippen molar-refractivity contribution in [1.29, 1.82) is 0 Å². The van der Waals surface area contributed by atoms with E-state index in [0.717, 1.165) is 24.3 Å². The van der Waals surface area contributed by atoms with Crippen LogP contribution in [0.4, 0.5) is 0 Å². The van der Waals surface area contributed by atoms with E-state index < -0.39 is 0 Å². The molecule has 1 saturated carbocycles. The fraction of sp³-hybridized carbons (Fsp3) is 0.700. The molecule has 0 heterocycles. The zero-order chi connectivity index (χ0) is 15.1. The smallest absolute Gasteiger partial charge is 0.00148 e. The third-order valence-corrected chi connectivity index (χ3v) is 5.28. The second-order valence-electron chi connectivity index (χ2n) is 6.75. The van der Waals surface area contributed by atoms with Gasteiger partial charge in [-0.2, -0.15) is 0 Å². The highest BCUT2D eigenvalue weighted by molar-refractivity contribution is 5.26. The molecular weight excluding hydrogens is 254 g/mol. The summed E-state index contributed by atoms with van der Waals surface area (Å²) in [5.74, 6) is 2.52. The van der Waals surface area contributed by atoms with Crippen molar-refractivity contribution >= 4 is 0 Å². The predicted octanol–water partition coefficient (Wildman–Crippen LogP) is 5.16. The lowest BCUT2D eigenvalue weighted by Crippen LogP contribution is -2.32. The van der Waals surface area contributed by atoms with Crippen LogP contribution in [0.5, 0.6) is 0 Å². The maximum atomic E-state index is 3.58. The summed E-state index contributed by atoms with van der Waals surface area (Å²) in [5, 5.41) is 3.58. The normalized spacial score (nSPS) is 26.0. The third-order valence-electron chi connectivity index (χ3n) is 5.28. The molecule has 1 N–H and O–H groups in total. The van der Waals surface area contributed by atoms with E-state index in [9.17, 15) is 0 Å². The lowest BCUT2D eigenvalue weighted by molar-refractivity contribution is 0.226. The van der Waals surface area contributed by atoms with Crippen molar-refractivity contribution in [3.8, 4) is 0 Å². The highest BCUT2D eigenvalue weighted by Gasteiger charge is 2.30. The maximum absolute atomic E-state index is 3.58. The lowest BCUT2D eigenvalue weighted by atomic mass is 9.70. The van der Waals surface area contributed by atoms with Gasteiger partial charge < -0.3 is 5.32 Å². The van der Waals surface area contributed by atoms with Crippen molar-refractivity contribution in [3.63, 3.8) is 0 Å². The summed E-state index contributed by atoms with van der Waals surface area (Å²) in [6.45, 7) is 9.11. The Morgan fingerprint density at radius 3 is 2.43 bits per heavy atom. The molecule has 0 aliphatic heterocycles. The molecule has 0 saturated heterocycles. The standard InChI is InChI=1S/C20H33N/c1-4-7-17-9-11-18(12-10-17)20-14-16(5-2)8-13-19(20)15-21-6-3/h9-12,16,19-21H,4-8,13-15H2,1-3H3. The van der Waals surface area contributed by atoms with Crippen LogP contribution in [0.3, 0.4) is 0 Å². The molecule has 1 aliphatic carbocycles. The zero-order valence-corrected chi connectivity index (χ0v) is 14.2. The Bertz CT molecular complexity index is 395. The van der Waals surface area contributed by atoms with Crippen molar-refractivity contribution in [2.45, 2.75) is 65.2 Å². The van der Waals surface area contributed by atoms with Crippen LogP contribution in [0.2, 0.25) is 0 Å². The summed E-state index contributed by atoms with van der Waals surface area (Å²) < 4.78 is 0. The molecule has 0 aromatic heterocycles. The molecule has 1 aromatic carbocycles. The Morgan fingerprint density at radius 1 is 1.05 bits per heavy atom. The number of benzene rings is 1. The minimum atomic E-state index is 0.762. The van der Waals surface area contributed by atoms with Gasteiger partial charge in [-0.15, -0.1) is 0 Å². The predicted molar refractivity (Wildman–Crippen MR) is 92.8 cm³/mol. The molecule has 1 fully saturated rings. The van der Waals surface area contributed by atoms with Gasteiger partial charge in [0.15, 0.2) is 0 Å². The molecule has 2 rings (SSSR count). The average molecular weight is 287 g/mol. The third kappa shape index (κ3) is 4.57. The summed E-state index contributed by atoms with van der Waals surface area (Å²) in [4.78, 5) is 0. The van der Waals surface area contributed by atoms with Gasteiger partial charge in [-0.25, -0.2) is 0 Å². The summed E-state index contributed by atoms with van der Waals surface area (Å²) >= 11 is 0. The van der Waals surface area contributed by atoms with Crippen LogP contribution in [0.25, 0.3) is 0 Å². The second kappa shape index (κ2) is 8.58. The molecule has 0 bridgehead atoms. The van der Waals surface area contributed by atoms with Gasteiger partial charge in [0.1, 0.15) is 0 Å². The van der Waals surface area contributed by atoms with E-state index in [1.165, 1.54) is 50.6 Å². The van der Waals surface area contributed by atoms with Crippen molar-refractivity contribution in [1.82, 2.24) is 5.32 Å². The largest absolute Gasteiger partial charge is 0.317 e. The van der Waals surface area contributed by atoms with Crippen molar-refractivity contribution in [2.75, 3.05) is 13.1 Å². The first kappa shape index (κ1) is 16.5. The fourth-order valence-corrected chi connectivity index (χ4v) is 3.89. The molecule has 3 unspecified atom stereocenters. The molecule has 0 amide bonds. The lowest BCUT2D eigenvalue weighted by Gasteiger charge is -2.36. The van der Waals surface area contributed by atoms with Crippen LogP contribution in [0.15, 0.2) is 24.3 Å². The van der Waals surface area contributed by atoms with E-state index in [1.54, 1.807) is 5.56 Å². The van der Waals surface area contributed by atoms with Gasteiger partial charge in [0.2, 0.25) is 0 Å². The van der Waals surface area contributed by atoms with Crippen molar-refractivity contribution in [3.05, 3.63) is 35.4 Å². The Balaban J connectivity index is 2.09. The second-order valence-corrected chi connectivity index (χ2v) is 6.75. The zero-order valence-electron chi connectivity index (χ0n) is 14.2. The minimum absolute atomic E-state index is 0.762. The molecule has 0 radical (unpaired) electrons. The SMILES string of the molecule is CCCc1ccc(C2CC(CC)CCC2CNCC)cc1. The Labute approximate surface area is 131 Å². The Hall–Kier alpha value is -0.820. The molecule has 21 heavy (non-hydrogen) atoms. The number of hydrogen-bond acceptors (Lipinski definition) is 1. The van der Waals surface area contributed by atoms with Gasteiger partial charge in [0.25, 0.3) is 0 Å². The van der Waals surface area contributed by atoms with Gasteiger partial charge in [-0.05, 0) is 61.2 Å². The first-order chi connectivity index (χ1) is 10.3. The van der Waals surface area contributed by atoms with E-state index in [1.807, 2.05) is 0 Å². The highest BCUT2D eigenvalue weighted by Crippen LogP contribution is 2.41. The van der Waals surface area contributed by atoms with Crippen LogP contribution in [0, 0.1) is 11.8 Å². The van der Waals surface area contributed by atoms with Gasteiger partial charge >= 0.3 is 0 Å². The molecule has 1 heteroatoms. The molecule has 1 aromatic rings. The first-order valence-electron chi connectivity index (χ1n) is 9.07. The van der Waals surface area contributed by atoms with Gasteiger partial charge in [-0.3, -0.25) is 0 Å². The number of aryl methyl sites for hydroxylation is 1. The van der Waals surface area contributed by atoms with Gasteiger partial charge in [0.05, 0.1) is 0 Å². The molecular formula is C20H33N. The number of rotatable bonds is 7. The molecule has 1 nitrogen and oxygen atoms in total. The van der Waals surface area contributed by atoms with E-state index in [4.69, 9.17) is 0 Å². The van der Waals surface area contributed by atoms with E-state index in [-0.39, 0.29) is 0 Å². The quantitative estimate of drug-likeness (QED) is 0.730. The molecule has 1 aliphatic rings. The van der Waals surface area contributed by atoms with Gasteiger partial charge in [-0.1, -0.05) is 64.3 Å². The summed E-state index contributed by atoms with van der Waals surface area (Å²) in [6, 6.07) is 9.54. The van der Waals surface area contributed by atoms with Crippen LogP contribution >= 0.6 is 0 Å². The van der Waals surface area contributed by atoms with Crippen molar-refractivity contribution in [2.24, 2.45) is 11.8 Å². The van der Waals surface area contributed by atoms with Crippen LogP contribution < -0.4 is 5.32 Å². The minimum Gasteiger partial charge on any atom is -0.317 e. The molecule has 3 atom stereocenters. The van der Waals surface area contributed by atoms with Crippen LogP contribution in [-0.2, 0) is 6.42 Å². The Morgan fingerprint density at radius 2 is 1.81 bits per heavy atom. The maximum Gasteiger partial charge on any atom is -0.00148 e. The summed E-state index contributed by atoms with van der Waals surface area (Å²) in [6.07, 6.45) is 8.01. The van der Waals surface area contributed by atoms with E-state index in [0.29, 0.717) is 0 Å². The highest BCUT2D eigenvalue weighted by atomic mass is 14.8. The van der Waals surface area contributed by atoms with E-state index in [2.05, 4.69) is 50.4 Å². The van der Waals surface area contributed by atoms with Crippen LogP contribution in [-0.4, -0.2) is 13.1 Å². The Kier molecular flexibility index (Phi) is 6.76. The van der Waals surface area contributed by atoms with E-state index >= 15 is 0 Å². The fourth-order valence-electron chi connectivity index (χ4n) is 3.89.